The van der Waals surface area contributed by atoms with Crippen LogP contribution in [-0.4, -0.2) is 21.1 Å². The van der Waals surface area contributed by atoms with Crippen LogP contribution in [0.2, 0.25) is 5.02 Å². The van der Waals surface area contributed by atoms with Gasteiger partial charge >= 0.3 is 5.97 Å². The van der Waals surface area contributed by atoms with Crippen LogP contribution in [0.5, 0.6) is 11.5 Å². The molecule has 152 valence electrons. The minimum absolute atomic E-state index is 0.0652. The van der Waals surface area contributed by atoms with Gasteiger partial charge in [-0.2, -0.15) is 4.98 Å². The molecule has 0 fully saturated rings. The first-order valence-corrected chi connectivity index (χ1v) is 10.2. The third-order valence-electron chi connectivity index (χ3n) is 3.97. The van der Waals surface area contributed by atoms with Crippen LogP contribution < -0.4 is 9.47 Å². The van der Waals surface area contributed by atoms with Gasteiger partial charge in [-0.25, -0.2) is 4.98 Å². The largest absolute Gasteiger partial charge is 0.484 e. The van der Waals surface area contributed by atoms with E-state index < -0.39 is 5.97 Å². The lowest BCUT2D eigenvalue weighted by Gasteiger charge is -2.06. The van der Waals surface area contributed by atoms with Crippen molar-refractivity contribution in [3.8, 4) is 22.1 Å². The number of hydrogen-bond acceptors (Lipinski definition) is 8. The van der Waals surface area contributed by atoms with Crippen molar-refractivity contribution in [2.24, 2.45) is 0 Å². The number of rotatable bonds is 7. The standard InChI is InChI=1S/C21H16ClN3O4S/c1-13-23-19(29-25-13)11-27-15-6-8-16(9-7-15)28-20(26)10-14-12-30-21(24-14)17-4-2-3-5-18(17)22/h2-9,12H,10-11H2,1H3. The van der Waals surface area contributed by atoms with Crippen molar-refractivity contribution in [2.45, 2.75) is 20.0 Å². The zero-order valence-corrected chi connectivity index (χ0v) is 17.4. The van der Waals surface area contributed by atoms with Crippen molar-refractivity contribution in [3.63, 3.8) is 0 Å². The summed E-state index contributed by atoms with van der Waals surface area (Å²) in [6, 6.07) is 14.2. The monoisotopic (exact) mass is 441 g/mol. The summed E-state index contributed by atoms with van der Waals surface area (Å²) >= 11 is 7.64. The number of halogens is 1. The van der Waals surface area contributed by atoms with Gasteiger partial charge in [0.15, 0.2) is 12.4 Å². The van der Waals surface area contributed by atoms with E-state index in [2.05, 4.69) is 15.1 Å². The van der Waals surface area contributed by atoms with Crippen molar-refractivity contribution in [3.05, 3.63) is 76.3 Å². The smallest absolute Gasteiger partial charge is 0.317 e. The second kappa shape index (κ2) is 9.06. The quantitative estimate of drug-likeness (QED) is 0.298. The van der Waals surface area contributed by atoms with Crippen molar-refractivity contribution < 1.29 is 18.8 Å². The van der Waals surface area contributed by atoms with Crippen LogP contribution in [0.4, 0.5) is 0 Å². The van der Waals surface area contributed by atoms with Crippen LogP contribution in [0.15, 0.2) is 58.4 Å². The summed E-state index contributed by atoms with van der Waals surface area (Å²) in [5.74, 6) is 1.55. The molecule has 2 aromatic heterocycles. The maximum atomic E-state index is 12.3. The van der Waals surface area contributed by atoms with E-state index >= 15 is 0 Å². The molecule has 4 aromatic rings. The van der Waals surface area contributed by atoms with Gasteiger partial charge in [-0.05, 0) is 37.3 Å². The van der Waals surface area contributed by atoms with Gasteiger partial charge in [0.05, 0.1) is 17.1 Å². The molecule has 0 aliphatic carbocycles. The highest BCUT2D eigenvalue weighted by atomic mass is 35.5. The van der Waals surface area contributed by atoms with Crippen molar-refractivity contribution >= 4 is 28.9 Å². The molecule has 9 heteroatoms. The molecule has 0 amide bonds. The molecule has 0 aliphatic heterocycles. The molecule has 0 N–H and O–H groups in total. The lowest BCUT2D eigenvalue weighted by Crippen LogP contribution is -2.11. The number of aryl methyl sites for hydroxylation is 1. The highest BCUT2D eigenvalue weighted by Gasteiger charge is 2.13. The predicted molar refractivity (Wildman–Crippen MR) is 112 cm³/mol. The number of aromatic nitrogens is 3. The van der Waals surface area contributed by atoms with Crippen LogP contribution in [0.25, 0.3) is 10.6 Å². The number of hydrogen-bond donors (Lipinski definition) is 0. The van der Waals surface area contributed by atoms with Gasteiger partial charge in [-0.1, -0.05) is 35.0 Å². The SMILES string of the molecule is Cc1noc(COc2ccc(OC(=O)Cc3csc(-c4ccccc4Cl)n3)cc2)n1. The maximum Gasteiger partial charge on any atom is 0.317 e. The van der Waals surface area contributed by atoms with Gasteiger partial charge in [0, 0.05) is 10.9 Å². The van der Waals surface area contributed by atoms with Crippen molar-refractivity contribution in [2.75, 3.05) is 0 Å². The molecule has 0 bridgehead atoms. The van der Waals surface area contributed by atoms with Gasteiger partial charge in [0.2, 0.25) is 0 Å². The average Bonchev–Trinajstić information content (AvgIpc) is 3.36. The fourth-order valence-corrected chi connectivity index (χ4v) is 3.75. The first kappa shape index (κ1) is 20.1. The molecule has 7 nitrogen and oxygen atoms in total. The lowest BCUT2D eigenvalue weighted by molar-refractivity contribution is -0.133. The van der Waals surface area contributed by atoms with Gasteiger partial charge in [0.25, 0.3) is 5.89 Å². The molecule has 4 rings (SSSR count). The zero-order valence-electron chi connectivity index (χ0n) is 15.9. The fraction of sp³-hybridized carbons (Fsp3) is 0.143. The van der Waals surface area contributed by atoms with Gasteiger partial charge in [-0.3, -0.25) is 4.79 Å². The van der Waals surface area contributed by atoms with E-state index in [4.69, 9.17) is 25.6 Å². The van der Waals surface area contributed by atoms with Crippen molar-refractivity contribution in [1.29, 1.82) is 0 Å². The number of thiazole rings is 1. The summed E-state index contributed by atoms with van der Waals surface area (Å²) in [7, 11) is 0. The number of carbonyl (C=O) groups is 1. The summed E-state index contributed by atoms with van der Waals surface area (Å²) in [6.07, 6.45) is 0.0652. The number of carbonyl (C=O) groups excluding carboxylic acids is 1. The van der Waals surface area contributed by atoms with Crippen molar-refractivity contribution in [1.82, 2.24) is 15.1 Å². The number of esters is 1. The Bertz CT molecular complexity index is 1160. The summed E-state index contributed by atoms with van der Waals surface area (Å²) in [6.45, 7) is 1.90. The summed E-state index contributed by atoms with van der Waals surface area (Å²) in [5, 5.41) is 6.92. The third-order valence-corrected chi connectivity index (χ3v) is 5.22. The molecule has 0 unspecified atom stereocenters. The fourth-order valence-electron chi connectivity index (χ4n) is 2.61. The van der Waals surface area contributed by atoms with E-state index in [0.717, 1.165) is 10.6 Å². The van der Waals surface area contributed by atoms with E-state index in [1.165, 1.54) is 11.3 Å². The first-order chi connectivity index (χ1) is 14.6. The molecule has 0 saturated carbocycles. The van der Waals surface area contributed by atoms with E-state index in [1.807, 2.05) is 29.6 Å². The second-order valence-electron chi connectivity index (χ2n) is 6.27. The summed E-state index contributed by atoms with van der Waals surface area (Å²) in [4.78, 5) is 20.8. The summed E-state index contributed by atoms with van der Waals surface area (Å²) < 4.78 is 15.9. The molecule has 0 saturated heterocycles. The lowest BCUT2D eigenvalue weighted by atomic mass is 10.2. The second-order valence-corrected chi connectivity index (χ2v) is 7.54. The Hall–Kier alpha value is -3.23. The Kier molecular flexibility index (Phi) is 6.06. The maximum absolute atomic E-state index is 12.3. The molecule has 0 spiro atoms. The third kappa shape index (κ3) is 5.03. The van der Waals surface area contributed by atoms with Crippen LogP contribution in [-0.2, 0) is 17.8 Å². The molecule has 2 aromatic carbocycles. The highest BCUT2D eigenvalue weighted by Crippen LogP contribution is 2.30. The van der Waals surface area contributed by atoms with Gasteiger partial charge in [-0.15, -0.1) is 11.3 Å². The minimum atomic E-state index is -0.402. The molecular weight excluding hydrogens is 426 g/mol. The number of ether oxygens (including phenoxy) is 2. The molecular formula is C21H16ClN3O4S. The summed E-state index contributed by atoms with van der Waals surface area (Å²) in [5.41, 5.74) is 1.48. The predicted octanol–water partition coefficient (Wildman–Crippen LogP) is 4.88. The van der Waals surface area contributed by atoms with E-state index in [-0.39, 0.29) is 13.0 Å². The Morgan fingerprint density at radius 2 is 1.87 bits per heavy atom. The van der Waals surface area contributed by atoms with Crippen LogP contribution in [0.1, 0.15) is 17.4 Å². The van der Waals surface area contributed by atoms with E-state index in [1.54, 1.807) is 31.2 Å². The van der Waals surface area contributed by atoms with E-state index in [9.17, 15) is 4.79 Å². The minimum Gasteiger partial charge on any atom is -0.484 e. The Labute approximate surface area is 181 Å². The normalized spacial score (nSPS) is 10.7. The average molecular weight is 442 g/mol. The Morgan fingerprint density at radius 3 is 2.60 bits per heavy atom. The Balaban J connectivity index is 1.31. The first-order valence-electron chi connectivity index (χ1n) is 8.99. The molecule has 2 heterocycles. The number of benzene rings is 2. The molecule has 30 heavy (non-hydrogen) atoms. The van der Waals surface area contributed by atoms with E-state index in [0.29, 0.717) is 33.9 Å². The number of nitrogens with zero attached hydrogens (tertiary/aromatic N) is 3. The highest BCUT2D eigenvalue weighted by molar-refractivity contribution is 7.13. The molecule has 0 aliphatic rings. The topological polar surface area (TPSA) is 87.3 Å². The van der Waals surface area contributed by atoms with Crippen LogP contribution in [0.3, 0.4) is 0 Å². The van der Waals surface area contributed by atoms with Gasteiger partial charge in [0.1, 0.15) is 16.5 Å². The Morgan fingerprint density at radius 1 is 1.10 bits per heavy atom. The molecule has 0 radical (unpaired) electrons. The zero-order chi connectivity index (χ0) is 20.9. The van der Waals surface area contributed by atoms with Gasteiger partial charge < -0.3 is 14.0 Å². The van der Waals surface area contributed by atoms with Crippen LogP contribution >= 0.6 is 22.9 Å². The molecule has 0 atom stereocenters. The van der Waals surface area contributed by atoms with Crippen LogP contribution in [0, 0.1) is 6.92 Å².